The molecule has 3 fully saturated rings. The number of carbonyl (C=O) groups is 2. The Kier molecular flexibility index (Phi) is 9.55. The van der Waals surface area contributed by atoms with Crippen molar-refractivity contribution in [3.05, 3.63) is 12.2 Å². The Morgan fingerprint density at radius 1 is 0.970 bits per heavy atom. The SMILES string of the molecule is NP(N)CCCCCCSCC(COC(=O)C1CC2CCC1C2)OC(=O)C1CC2C=C[C@H]1C2. The first-order chi connectivity index (χ1) is 16.0. The van der Waals surface area contributed by atoms with Gasteiger partial charge in [-0.15, -0.1) is 0 Å². The Morgan fingerprint density at radius 2 is 1.82 bits per heavy atom. The third-order valence-electron chi connectivity index (χ3n) is 8.08. The standard InChI is InChI=1S/C25H41N2O4PS/c26-32(27)9-3-1-2-4-10-33-16-21(31-25(29)23-14-18-6-8-20(23)12-18)15-30-24(28)22-13-17-5-7-19(22)11-17/h6,8,17-23H,1-5,7,9-16,26-27H2/t17?,18?,19?,20-,21?,22?,23?/m0/s1. The maximum Gasteiger partial charge on any atom is 0.309 e. The van der Waals surface area contributed by atoms with Crippen LogP contribution in [0, 0.1) is 35.5 Å². The van der Waals surface area contributed by atoms with Gasteiger partial charge in [0.25, 0.3) is 0 Å². The molecule has 4 N–H and O–H groups in total. The number of esters is 2. The van der Waals surface area contributed by atoms with Crippen LogP contribution in [0.4, 0.5) is 0 Å². The summed E-state index contributed by atoms with van der Waals surface area (Å²) in [7, 11) is -0.766. The van der Waals surface area contributed by atoms with E-state index >= 15 is 0 Å². The van der Waals surface area contributed by atoms with E-state index in [2.05, 4.69) is 12.2 Å². The Morgan fingerprint density at radius 3 is 2.48 bits per heavy atom. The lowest BCUT2D eigenvalue weighted by molar-refractivity contribution is -0.164. The number of fused-ring (bicyclic) bond motifs is 4. The van der Waals surface area contributed by atoms with E-state index in [0.29, 0.717) is 29.4 Å². The molecular weight excluding hydrogens is 455 g/mol. The molecule has 33 heavy (non-hydrogen) atoms. The second-order valence-corrected chi connectivity index (χ2v) is 13.2. The highest BCUT2D eigenvalue weighted by Gasteiger charge is 2.44. The molecule has 7 atom stereocenters. The van der Waals surface area contributed by atoms with Gasteiger partial charge in [0.05, 0.1) is 11.8 Å². The van der Waals surface area contributed by atoms with Crippen LogP contribution in [-0.2, 0) is 19.1 Å². The number of allylic oxidation sites excluding steroid dienone is 2. The molecule has 0 aromatic heterocycles. The lowest BCUT2D eigenvalue weighted by atomic mass is 9.89. The normalized spacial score (nSPS) is 32.6. The number of nitrogens with two attached hydrogens (primary N) is 2. The van der Waals surface area contributed by atoms with Crippen LogP contribution >= 0.6 is 20.0 Å². The first-order valence-corrected chi connectivity index (χ1v) is 15.7. The van der Waals surface area contributed by atoms with E-state index in [9.17, 15) is 9.59 Å². The quantitative estimate of drug-likeness (QED) is 0.157. The number of carbonyl (C=O) groups excluding carboxylic acids is 2. The summed E-state index contributed by atoms with van der Waals surface area (Å²) in [6, 6.07) is 0. The Bertz CT molecular complexity index is 706. The van der Waals surface area contributed by atoms with Crippen LogP contribution in [0.25, 0.3) is 0 Å². The van der Waals surface area contributed by atoms with E-state index in [-0.39, 0.29) is 36.5 Å². The van der Waals surface area contributed by atoms with Crippen molar-refractivity contribution in [3.63, 3.8) is 0 Å². The summed E-state index contributed by atoms with van der Waals surface area (Å²) in [4.78, 5) is 25.6. The molecular formula is C25H41N2O4PS. The average Bonchev–Trinajstić information content (AvgIpc) is 3.60. The van der Waals surface area contributed by atoms with Gasteiger partial charge in [-0.2, -0.15) is 11.8 Å². The fraction of sp³-hybridized carbons (Fsp3) is 0.840. The second kappa shape index (κ2) is 12.4. The van der Waals surface area contributed by atoms with Gasteiger partial charge in [0.1, 0.15) is 12.7 Å². The molecule has 0 saturated heterocycles. The molecule has 0 spiro atoms. The Hall–Kier alpha value is -0.620. The number of thioether (sulfide) groups is 1. The largest absolute Gasteiger partial charge is 0.461 e. The highest BCUT2D eigenvalue weighted by molar-refractivity contribution is 7.99. The van der Waals surface area contributed by atoms with Gasteiger partial charge in [0.15, 0.2) is 0 Å². The molecule has 3 saturated carbocycles. The van der Waals surface area contributed by atoms with Crippen molar-refractivity contribution in [3.8, 4) is 0 Å². The predicted molar refractivity (Wildman–Crippen MR) is 135 cm³/mol. The van der Waals surface area contributed by atoms with Crippen molar-refractivity contribution in [2.45, 2.75) is 70.3 Å². The Labute approximate surface area is 204 Å². The number of rotatable bonds is 14. The van der Waals surface area contributed by atoms with Crippen LogP contribution in [0.15, 0.2) is 12.2 Å². The van der Waals surface area contributed by atoms with Crippen LogP contribution in [0.1, 0.15) is 64.2 Å². The predicted octanol–water partition coefficient (Wildman–Crippen LogP) is 4.61. The molecule has 0 aromatic rings. The van der Waals surface area contributed by atoms with Crippen molar-refractivity contribution in [2.75, 3.05) is 24.3 Å². The minimum Gasteiger partial charge on any atom is -0.461 e. The molecule has 0 heterocycles. The molecule has 4 aliphatic carbocycles. The minimum atomic E-state index is -0.766. The number of hydrogen-bond donors (Lipinski definition) is 2. The van der Waals surface area contributed by atoms with E-state index < -0.39 is 8.22 Å². The van der Waals surface area contributed by atoms with Crippen molar-refractivity contribution in [1.29, 1.82) is 0 Å². The van der Waals surface area contributed by atoms with E-state index in [0.717, 1.165) is 63.3 Å². The van der Waals surface area contributed by atoms with Gasteiger partial charge in [-0.25, -0.2) is 0 Å². The van der Waals surface area contributed by atoms with Crippen molar-refractivity contribution < 1.29 is 19.1 Å². The van der Waals surface area contributed by atoms with E-state index in [1.54, 1.807) is 11.8 Å². The van der Waals surface area contributed by atoms with Crippen LogP contribution in [-0.4, -0.2) is 42.3 Å². The molecule has 4 aliphatic rings. The highest BCUT2D eigenvalue weighted by atomic mass is 32.2. The summed E-state index contributed by atoms with van der Waals surface area (Å²) in [6.07, 6.45) is 16.1. The van der Waals surface area contributed by atoms with E-state index in [1.807, 2.05) is 0 Å². The van der Waals surface area contributed by atoms with Crippen LogP contribution < -0.4 is 11.0 Å². The molecule has 0 aromatic carbocycles. The summed E-state index contributed by atoms with van der Waals surface area (Å²) in [5, 5.41) is 0. The third-order valence-corrected chi connectivity index (χ3v) is 10.1. The van der Waals surface area contributed by atoms with Gasteiger partial charge in [-0.05, 0) is 80.5 Å². The highest BCUT2D eigenvalue weighted by Crippen LogP contribution is 2.48. The van der Waals surface area contributed by atoms with Gasteiger partial charge < -0.3 is 9.47 Å². The van der Waals surface area contributed by atoms with Crippen LogP contribution in [0.2, 0.25) is 0 Å². The molecule has 0 amide bonds. The lowest BCUT2D eigenvalue weighted by Crippen LogP contribution is -2.33. The zero-order chi connectivity index (χ0) is 23.2. The van der Waals surface area contributed by atoms with Gasteiger partial charge in [-0.3, -0.25) is 20.6 Å². The topological polar surface area (TPSA) is 105 Å². The molecule has 186 valence electrons. The monoisotopic (exact) mass is 496 g/mol. The van der Waals surface area contributed by atoms with Gasteiger partial charge in [-0.1, -0.05) is 31.4 Å². The molecule has 6 unspecified atom stereocenters. The van der Waals surface area contributed by atoms with Gasteiger partial charge in [0.2, 0.25) is 0 Å². The number of hydrogen-bond acceptors (Lipinski definition) is 7. The summed E-state index contributed by atoms with van der Waals surface area (Å²) in [5.74, 6) is 3.65. The fourth-order valence-electron chi connectivity index (χ4n) is 6.30. The third kappa shape index (κ3) is 7.19. The molecule has 8 heteroatoms. The van der Waals surface area contributed by atoms with Gasteiger partial charge >= 0.3 is 11.9 Å². The van der Waals surface area contributed by atoms with E-state index in [4.69, 9.17) is 20.5 Å². The molecule has 0 radical (unpaired) electrons. The summed E-state index contributed by atoms with van der Waals surface area (Å²) in [6.45, 7) is 0.193. The summed E-state index contributed by atoms with van der Waals surface area (Å²) >= 11 is 1.79. The molecule has 4 rings (SSSR count). The summed E-state index contributed by atoms with van der Waals surface area (Å²) in [5.41, 5.74) is 11.3. The van der Waals surface area contributed by atoms with Crippen molar-refractivity contribution in [1.82, 2.24) is 0 Å². The zero-order valence-electron chi connectivity index (χ0n) is 19.7. The smallest absolute Gasteiger partial charge is 0.309 e. The minimum absolute atomic E-state index is 0.0238. The van der Waals surface area contributed by atoms with Crippen molar-refractivity contribution in [2.24, 2.45) is 46.5 Å². The first kappa shape index (κ1) is 25.5. The maximum absolute atomic E-state index is 12.9. The molecule has 0 aliphatic heterocycles. The zero-order valence-corrected chi connectivity index (χ0v) is 21.4. The lowest BCUT2D eigenvalue weighted by Gasteiger charge is -2.24. The van der Waals surface area contributed by atoms with E-state index in [1.165, 1.54) is 12.8 Å². The molecule has 6 nitrogen and oxygen atoms in total. The van der Waals surface area contributed by atoms with Crippen LogP contribution in [0.3, 0.4) is 0 Å². The fourth-order valence-corrected chi connectivity index (χ4v) is 7.89. The maximum atomic E-state index is 12.9. The van der Waals surface area contributed by atoms with Gasteiger partial charge in [0, 0.05) is 14.0 Å². The molecule has 4 bridgehead atoms. The summed E-state index contributed by atoms with van der Waals surface area (Å²) < 4.78 is 11.7. The number of unbranched alkanes of at least 4 members (excludes halogenated alkanes) is 3. The second-order valence-electron chi connectivity index (χ2n) is 10.6. The van der Waals surface area contributed by atoms with Crippen LogP contribution in [0.5, 0.6) is 0 Å². The average molecular weight is 497 g/mol. The number of ether oxygens (including phenoxy) is 2. The van der Waals surface area contributed by atoms with Crippen molar-refractivity contribution >= 4 is 31.9 Å². The Balaban J connectivity index is 1.20. The first-order valence-electron chi connectivity index (χ1n) is 12.9.